The molecule has 0 aliphatic heterocycles. The number of hydrogen-bond acceptors (Lipinski definition) is 4. The molecule has 0 aromatic rings. The first-order valence-corrected chi connectivity index (χ1v) is 10.1. The van der Waals surface area contributed by atoms with Gasteiger partial charge in [0.1, 0.15) is 6.10 Å². The predicted octanol–water partition coefficient (Wildman–Crippen LogP) is 4.67. The molecule has 0 spiro atoms. The van der Waals surface area contributed by atoms with E-state index in [0.29, 0.717) is 18.3 Å². The van der Waals surface area contributed by atoms with Gasteiger partial charge in [0.15, 0.2) is 0 Å². The van der Waals surface area contributed by atoms with Gasteiger partial charge in [-0.2, -0.15) is 0 Å². The first-order valence-electron chi connectivity index (χ1n) is 10.1. The molecule has 3 aliphatic rings. The normalized spacial score (nSPS) is 38.8. The highest BCUT2D eigenvalue weighted by molar-refractivity contribution is 5.90. The fourth-order valence-electron chi connectivity index (χ4n) is 6.77. The van der Waals surface area contributed by atoms with Crippen molar-refractivity contribution in [2.75, 3.05) is 7.11 Å². The van der Waals surface area contributed by atoms with Gasteiger partial charge in [0.25, 0.3) is 0 Å². The Balaban J connectivity index is 2.14. The van der Waals surface area contributed by atoms with Gasteiger partial charge in [0.05, 0.1) is 7.11 Å². The highest BCUT2D eigenvalue weighted by atomic mass is 16.5. The summed E-state index contributed by atoms with van der Waals surface area (Å²) in [5, 5.41) is 0. The lowest BCUT2D eigenvalue weighted by atomic mass is 9.44. The summed E-state index contributed by atoms with van der Waals surface area (Å²) >= 11 is 0. The van der Waals surface area contributed by atoms with Crippen LogP contribution in [0.2, 0.25) is 0 Å². The topological polar surface area (TPSA) is 52.6 Å². The minimum atomic E-state index is -0.221. The SMILES string of the molecule is COC(=O)C1=C2C[C@@H](OC(C)=O)[C@H]3C(C)(C)CCC[C@]3(C)[C@H]2CC[C@H]1C. The van der Waals surface area contributed by atoms with Crippen LogP contribution in [0.4, 0.5) is 0 Å². The number of hydrogen-bond donors (Lipinski definition) is 0. The minimum absolute atomic E-state index is 0.0643. The molecule has 0 radical (unpaired) electrons. The second-order valence-corrected chi connectivity index (χ2v) is 9.64. The van der Waals surface area contributed by atoms with E-state index >= 15 is 0 Å². The highest BCUT2D eigenvalue weighted by Crippen LogP contribution is 2.64. The Morgan fingerprint density at radius 3 is 2.42 bits per heavy atom. The van der Waals surface area contributed by atoms with E-state index in [1.165, 1.54) is 26.0 Å². The molecule has 2 saturated carbocycles. The summed E-state index contributed by atoms with van der Waals surface area (Å²) in [6.45, 7) is 10.7. The Morgan fingerprint density at radius 2 is 1.81 bits per heavy atom. The van der Waals surface area contributed by atoms with Crippen LogP contribution in [0.15, 0.2) is 11.1 Å². The van der Waals surface area contributed by atoms with E-state index in [-0.39, 0.29) is 34.8 Å². The molecule has 0 aromatic carbocycles. The molecule has 0 saturated heterocycles. The van der Waals surface area contributed by atoms with Crippen molar-refractivity contribution in [3.05, 3.63) is 11.1 Å². The molecule has 146 valence electrons. The molecule has 0 amide bonds. The Hall–Kier alpha value is -1.32. The van der Waals surface area contributed by atoms with E-state index in [1.807, 2.05) is 0 Å². The van der Waals surface area contributed by atoms with E-state index < -0.39 is 0 Å². The van der Waals surface area contributed by atoms with Crippen LogP contribution in [-0.2, 0) is 19.1 Å². The molecule has 3 aliphatic carbocycles. The summed E-state index contributed by atoms with van der Waals surface area (Å²) in [5.74, 6) is 0.512. The second kappa shape index (κ2) is 6.69. The zero-order valence-electron chi connectivity index (χ0n) is 17.2. The maximum atomic E-state index is 12.6. The first-order chi connectivity index (χ1) is 12.1. The van der Waals surface area contributed by atoms with E-state index in [9.17, 15) is 9.59 Å². The first kappa shape index (κ1) is 19.4. The van der Waals surface area contributed by atoms with Crippen LogP contribution in [-0.4, -0.2) is 25.2 Å². The van der Waals surface area contributed by atoms with E-state index in [1.54, 1.807) is 0 Å². The van der Waals surface area contributed by atoms with Crippen LogP contribution in [0.5, 0.6) is 0 Å². The molecule has 26 heavy (non-hydrogen) atoms. The number of methoxy groups -OCH3 is 1. The van der Waals surface area contributed by atoms with Gasteiger partial charge in [-0.25, -0.2) is 4.79 Å². The summed E-state index contributed by atoms with van der Waals surface area (Å²) in [4.78, 5) is 24.4. The van der Waals surface area contributed by atoms with E-state index in [2.05, 4.69) is 27.7 Å². The number of carbonyl (C=O) groups excluding carboxylic acids is 2. The third-order valence-electron chi connectivity index (χ3n) is 7.55. The van der Waals surface area contributed by atoms with Gasteiger partial charge in [-0.05, 0) is 48.3 Å². The van der Waals surface area contributed by atoms with Crippen molar-refractivity contribution in [2.24, 2.45) is 28.6 Å². The minimum Gasteiger partial charge on any atom is -0.466 e. The molecule has 0 aromatic heterocycles. The van der Waals surface area contributed by atoms with Crippen molar-refractivity contribution >= 4 is 11.9 Å². The van der Waals surface area contributed by atoms with Crippen LogP contribution >= 0.6 is 0 Å². The molecule has 0 unspecified atom stereocenters. The summed E-state index contributed by atoms with van der Waals surface area (Å²) in [6.07, 6.45) is 6.17. The van der Waals surface area contributed by atoms with Crippen LogP contribution in [0, 0.1) is 28.6 Å². The molecular formula is C22H34O4. The maximum absolute atomic E-state index is 12.6. The maximum Gasteiger partial charge on any atom is 0.333 e. The smallest absolute Gasteiger partial charge is 0.333 e. The second-order valence-electron chi connectivity index (χ2n) is 9.64. The number of rotatable bonds is 2. The third kappa shape index (κ3) is 2.99. The van der Waals surface area contributed by atoms with Gasteiger partial charge in [-0.3, -0.25) is 4.79 Å². The van der Waals surface area contributed by atoms with Crippen molar-refractivity contribution < 1.29 is 19.1 Å². The summed E-state index contributed by atoms with van der Waals surface area (Å²) in [7, 11) is 1.47. The molecule has 3 rings (SSSR count). The third-order valence-corrected chi connectivity index (χ3v) is 7.55. The Kier molecular flexibility index (Phi) is 5.00. The number of esters is 2. The Labute approximate surface area is 157 Å². The molecule has 2 fully saturated rings. The molecule has 4 nitrogen and oxygen atoms in total. The monoisotopic (exact) mass is 362 g/mol. The number of ether oxygens (including phenoxy) is 2. The Bertz CT molecular complexity index is 632. The van der Waals surface area contributed by atoms with Crippen LogP contribution in [0.25, 0.3) is 0 Å². The predicted molar refractivity (Wildman–Crippen MR) is 100 cm³/mol. The van der Waals surface area contributed by atoms with Gasteiger partial charge in [0.2, 0.25) is 0 Å². The van der Waals surface area contributed by atoms with Crippen LogP contribution in [0.3, 0.4) is 0 Å². The fraction of sp³-hybridized carbons (Fsp3) is 0.818. The average Bonchev–Trinajstić information content (AvgIpc) is 2.52. The molecule has 0 N–H and O–H groups in total. The van der Waals surface area contributed by atoms with Gasteiger partial charge in [-0.15, -0.1) is 0 Å². The number of fused-ring (bicyclic) bond motifs is 3. The Morgan fingerprint density at radius 1 is 1.12 bits per heavy atom. The van der Waals surface area contributed by atoms with Gasteiger partial charge in [-0.1, -0.05) is 39.7 Å². The number of carbonyl (C=O) groups is 2. The van der Waals surface area contributed by atoms with Crippen molar-refractivity contribution in [2.45, 2.75) is 79.2 Å². The van der Waals surface area contributed by atoms with Crippen LogP contribution in [0.1, 0.15) is 73.1 Å². The molecular weight excluding hydrogens is 328 g/mol. The standard InChI is InChI=1S/C22H34O4/c1-13-8-9-16-15(18(13)20(24)25-6)12-17(26-14(2)23)19-21(3,4)10-7-11-22(16,19)5/h13,16-17,19H,7-12H2,1-6H3/t13-,16+,17-,19+,22-/m1/s1. The van der Waals surface area contributed by atoms with Crippen molar-refractivity contribution in [3.63, 3.8) is 0 Å². The lowest BCUT2D eigenvalue weighted by molar-refractivity contribution is -0.172. The fourth-order valence-corrected chi connectivity index (χ4v) is 6.77. The lowest BCUT2D eigenvalue weighted by Crippen LogP contribution is -2.57. The zero-order valence-corrected chi connectivity index (χ0v) is 17.2. The van der Waals surface area contributed by atoms with Crippen LogP contribution < -0.4 is 0 Å². The molecule has 0 heterocycles. The molecule has 4 heteroatoms. The van der Waals surface area contributed by atoms with Gasteiger partial charge < -0.3 is 9.47 Å². The van der Waals surface area contributed by atoms with Crippen molar-refractivity contribution in [3.8, 4) is 0 Å². The van der Waals surface area contributed by atoms with Gasteiger partial charge in [0, 0.05) is 24.8 Å². The summed E-state index contributed by atoms with van der Waals surface area (Å²) in [6, 6.07) is 0. The van der Waals surface area contributed by atoms with Gasteiger partial charge >= 0.3 is 11.9 Å². The highest BCUT2D eigenvalue weighted by Gasteiger charge is 2.59. The van der Waals surface area contributed by atoms with E-state index in [0.717, 1.165) is 31.3 Å². The van der Waals surface area contributed by atoms with E-state index in [4.69, 9.17) is 9.47 Å². The summed E-state index contributed by atoms with van der Waals surface area (Å²) < 4.78 is 11.0. The largest absolute Gasteiger partial charge is 0.466 e. The van der Waals surface area contributed by atoms with Crippen molar-refractivity contribution in [1.29, 1.82) is 0 Å². The van der Waals surface area contributed by atoms with Crippen molar-refractivity contribution in [1.82, 2.24) is 0 Å². The summed E-state index contributed by atoms with van der Waals surface area (Å²) in [5.41, 5.74) is 2.25. The zero-order chi connectivity index (χ0) is 19.3. The average molecular weight is 363 g/mol. The quantitative estimate of drug-likeness (QED) is 0.670. The lowest BCUT2D eigenvalue weighted by Gasteiger charge is -2.61. The molecule has 0 bridgehead atoms. The molecule has 5 atom stereocenters.